The quantitative estimate of drug-likeness (QED) is 0.425. The number of hydrogen-bond donors (Lipinski definition) is 0. The van der Waals surface area contributed by atoms with Crippen LogP contribution in [0, 0.1) is 5.92 Å². The van der Waals surface area contributed by atoms with E-state index in [0.29, 0.717) is 26.2 Å². The van der Waals surface area contributed by atoms with E-state index in [2.05, 4.69) is 32.9 Å². The maximum atomic E-state index is 13.7. The predicted molar refractivity (Wildman–Crippen MR) is 143 cm³/mol. The fourth-order valence-electron chi connectivity index (χ4n) is 5.10. The zero-order chi connectivity index (χ0) is 26.9. The molecule has 2 atom stereocenters. The Morgan fingerprint density at radius 3 is 2.61 bits per heavy atom. The second kappa shape index (κ2) is 10.8. The summed E-state index contributed by atoms with van der Waals surface area (Å²) in [5.41, 5.74) is 5.05. The lowest BCUT2D eigenvalue weighted by molar-refractivity contribution is -0.0544. The Labute approximate surface area is 221 Å². The molecule has 8 nitrogen and oxygen atoms in total. The second-order valence-corrected chi connectivity index (χ2v) is 10.0. The van der Waals surface area contributed by atoms with Crippen LogP contribution in [-0.2, 0) is 16.5 Å². The topological polar surface area (TPSA) is 68.5 Å². The highest BCUT2D eigenvalue weighted by Crippen LogP contribution is 2.33. The molecule has 0 N–H and O–H groups in total. The first-order chi connectivity index (χ1) is 18.3. The molecule has 1 fully saturated rings. The standard InChI is InChI=1S/C28H34F2N6O2/c1-19-26(37-3)14-22(15-27(19)38-4)36(12-11-35-9-7-28(29,30)8-10-35)21-5-6-23-24(13-21)33-25(17-31-23)20-16-32-34(2)18-20/h5-6,13-19,26H,7-12H2,1-4H3. The lowest BCUT2D eigenvalue weighted by Gasteiger charge is -2.36. The van der Waals surface area contributed by atoms with E-state index in [1.807, 2.05) is 37.5 Å². The van der Waals surface area contributed by atoms with Gasteiger partial charge in [-0.15, -0.1) is 0 Å². The molecule has 3 heterocycles. The fourth-order valence-corrected chi connectivity index (χ4v) is 5.10. The van der Waals surface area contributed by atoms with E-state index < -0.39 is 5.92 Å². The summed E-state index contributed by atoms with van der Waals surface area (Å²) < 4.78 is 40.7. The first-order valence-electron chi connectivity index (χ1n) is 12.9. The predicted octanol–water partition coefficient (Wildman–Crippen LogP) is 4.65. The van der Waals surface area contributed by atoms with E-state index in [-0.39, 0.29) is 24.9 Å². The van der Waals surface area contributed by atoms with Crippen molar-refractivity contribution in [2.45, 2.75) is 31.8 Å². The second-order valence-electron chi connectivity index (χ2n) is 10.0. The van der Waals surface area contributed by atoms with Crippen LogP contribution in [0.5, 0.6) is 0 Å². The van der Waals surface area contributed by atoms with E-state index in [9.17, 15) is 8.78 Å². The third-order valence-electron chi connectivity index (χ3n) is 7.45. The van der Waals surface area contributed by atoms with Crippen LogP contribution in [0.4, 0.5) is 14.5 Å². The Hall–Kier alpha value is -3.37. The van der Waals surface area contributed by atoms with Crippen LogP contribution in [0.3, 0.4) is 0 Å². The average molecular weight is 525 g/mol. The maximum Gasteiger partial charge on any atom is 0.250 e. The highest BCUT2D eigenvalue weighted by Gasteiger charge is 2.34. The van der Waals surface area contributed by atoms with E-state index >= 15 is 0 Å². The molecule has 0 bridgehead atoms. The van der Waals surface area contributed by atoms with Gasteiger partial charge in [-0.3, -0.25) is 9.67 Å². The monoisotopic (exact) mass is 524 g/mol. The first kappa shape index (κ1) is 26.2. The molecule has 3 aromatic rings. The number of likely N-dealkylation sites (tertiary alicyclic amines) is 1. The van der Waals surface area contributed by atoms with Crippen LogP contribution in [0.2, 0.25) is 0 Å². The first-order valence-corrected chi connectivity index (χ1v) is 12.9. The lowest BCUT2D eigenvalue weighted by atomic mass is 9.95. The van der Waals surface area contributed by atoms with E-state index in [0.717, 1.165) is 39.4 Å². The van der Waals surface area contributed by atoms with Gasteiger partial charge in [0.2, 0.25) is 0 Å². The van der Waals surface area contributed by atoms with Gasteiger partial charge in [0.15, 0.2) is 0 Å². The number of halogens is 2. The molecule has 2 aliphatic rings. The summed E-state index contributed by atoms with van der Waals surface area (Å²) in [4.78, 5) is 13.8. The van der Waals surface area contributed by atoms with Gasteiger partial charge in [0, 0.05) is 82.2 Å². The molecule has 1 saturated heterocycles. The SMILES string of the molecule is COC1=CC(N(CCN2CCC(F)(F)CC2)c2ccc3ncc(-c4cnn(C)c4)nc3c2)=CC(OC)C1C. The zero-order valence-corrected chi connectivity index (χ0v) is 22.3. The number of allylic oxidation sites excluding steroid dienone is 1. The van der Waals surface area contributed by atoms with Crippen molar-refractivity contribution in [3.05, 3.63) is 60.4 Å². The Morgan fingerprint density at radius 2 is 1.92 bits per heavy atom. The summed E-state index contributed by atoms with van der Waals surface area (Å²) in [6, 6.07) is 6.00. The Bertz CT molecular complexity index is 1340. The summed E-state index contributed by atoms with van der Waals surface area (Å²) in [6.07, 6.45) is 9.20. The fraction of sp³-hybridized carbons (Fsp3) is 0.464. The van der Waals surface area contributed by atoms with Gasteiger partial charge in [0.1, 0.15) is 5.76 Å². The van der Waals surface area contributed by atoms with Crippen molar-refractivity contribution in [3.63, 3.8) is 0 Å². The normalized spacial score (nSPS) is 21.7. The molecule has 38 heavy (non-hydrogen) atoms. The maximum absolute atomic E-state index is 13.7. The molecule has 1 aliphatic heterocycles. The number of nitrogens with zero attached hydrogens (tertiary/aromatic N) is 6. The van der Waals surface area contributed by atoms with E-state index in [1.54, 1.807) is 31.3 Å². The molecule has 5 rings (SSSR count). The number of piperidine rings is 1. The minimum Gasteiger partial charge on any atom is -0.501 e. The van der Waals surface area contributed by atoms with Gasteiger partial charge in [-0.25, -0.2) is 13.8 Å². The van der Waals surface area contributed by atoms with Crippen molar-refractivity contribution in [1.82, 2.24) is 24.6 Å². The molecular weight excluding hydrogens is 490 g/mol. The van der Waals surface area contributed by atoms with Gasteiger partial charge in [-0.2, -0.15) is 5.10 Å². The summed E-state index contributed by atoms with van der Waals surface area (Å²) in [7, 11) is 5.23. The molecule has 10 heteroatoms. The number of rotatable bonds is 8. The molecule has 202 valence electrons. The van der Waals surface area contributed by atoms with Gasteiger partial charge in [-0.1, -0.05) is 6.92 Å². The number of hydrogen-bond acceptors (Lipinski definition) is 7. The molecule has 1 aliphatic carbocycles. The highest BCUT2D eigenvalue weighted by molar-refractivity contribution is 5.81. The van der Waals surface area contributed by atoms with Crippen LogP contribution < -0.4 is 4.90 Å². The third-order valence-corrected chi connectivity index (χ3v) is 7.45. The van der Waals surface area contributed by atoms with Gasteiger partial charge in [0.05, 0.1) is 42.3 Å². The van der Waals surface area contributed by atoms with Crippen LogP contribution in [0.25, 0.3) is 22.3 Å². The van der Waals surface area contributed by atoms with Crippen LogP contribution in [0.1, 0.15) is 19.8 Å². The number of ether oxygens (including phenoxy) is 2. The number of methoxy groups -OCH3 is 2. The zero-order valence-electron chi connectivity index (χ0n) is 22.3. The molecule has 0 spiro atoms. The van der Waals surface area contributed by atoms with Crippen LogP contribution in [-0.4, -0.2) is 77.1 Å². The Morgan fingerprint density at radius 1 is 1.13 bits per heavy atom. The summed E-state index contributed by atoms with van der Waals surface area (Å²) in [5, 5.41) is 4.25. The number of benzene rings is 1. The molecule has 2 unspecified atom stereocenters. The number of aromatic nitrogens is 4. The average Bonchev–Trinajstić information content (AvgIpc) is 3.36. The minimum absolute atomic E-state index is 0.0736. The lowest BCUT2D eigenvalue weighted by Crippen LogP contribution is -2.43. The summed E-state index contributed by atoms with van der Waals surface area (Å²) in [6.45, 7) is 4.09. The van der Waals surface area contributed by atoms with Crippen molar-refractivity contribution in [2.75, 3.05) is 45.3 Å². The molecular formula is C28H34F2N6O2. The van der Waals surface area contributed by atoms with Gasteiger partial charge in [0.25, 0.3) is 5.92 Å². The van der Waals surface area contributed by atoms with E-state index in [1.165, 1.54) is 0 Å². The smallest absolute Gasteiger partial charge is 0.250 e. The van der Waals surface area contributed by atoms with Crippen molar-refractivity contribution >= 4 is 16.7 Å². The molecule has 1 aromatic carbocycles. The number of alkyl halides is 2. The van der Waals surface area contributed by atoms with E-state index in [4.69, 9.17) is 14.5 Å². The molecule has 2 aromatic heterocycles. The molecule has 0 saturated carbocycles. The highest BCUT2D eigenvalue weighted by atomic mass is 19.3. The minimum atomic E-state index is -2.57. The summed E-state index contributed by atoms with van der Waals surface area (Å²) in [5.74, 6) is -1.66. The Kier molecular flexibility index (Phi) is 7.45. The van der Waals surface area contributed by atoms with Crippen LogP contribution in [0.15, 0.2) is 60.4 Å². The van der Waals surface area contributed by atoms with Crippen LogP contribution >= 0.6 is 0 Å². The largest absolute Gasteiger partial charge is 0.501 e. The van der Waals surface area contributed by atoms with Gasteiger partial charge < -0.3 is 19.3 Å². The molecule has 0 radical (unpaired) electrons. The van der Waals surface area contributed by atoms with Crippen molar-refractivity contribution < 1.29 is 18.3 Å². The van der Waals surface area contributed by atoms with Crippen molar-refractivity contribution in [3.8, 4) is 11.3 Å². The van der Waals surface area contributed by atoms with Gasteiger partial charge in [-0.05, 0) is 30.4 Å². The molecule has 0 amide bonds. The number of fused-ring (bicyclic) bond motifs is 1. The number of anilines is 1. The van der Waals surface area contributed by atoms with Gasteiger partial charge >= 0.3 is 0 Å². The van der Waals surface area contributed by atoms with Crippen molar-refractivity contribution in [1.29, 1.82) is 0 Å². The summed E-state index contributed by atoms with van der Waals surface area (Å²) >= 11 is 0. The Balaban J connectivity index is 1.49. The number of aryl methyl sites for hydroxylation is 1. The third kappa shape index (κ3) is 5.56. The van der Waals surface area contributed by atoms with Crippen molar-refractivity contribution in [2.24, 2.45) is 13.0 Å².